The van der Waals surface area contributed by atoms with Gasteiger partial charge in [0.15, 0.2) is 0 Å². The summed E-state index contributed by atoms with van der Waals surface area (Å²) in [4.78, 5) is 0. The fourth-order valence-electron chi connectivity index (χ4n) is 2.27. The van der Waals surface area contributed by atoms with E-state index in [4.69, 9.17) is 0 Å². The molecule has 21 heavy (non-hydrogen) atoms. The van der Waals surface area contributed by atoms with E-state index in [1.165, 1.54) is 12.1 Å². The van der Waals surface area contributed by atoms with Crippen molar-refractivity contribution in [1.82, 2.24) is 5.32 Å². The average molecular weight is 303 g/mol. The number of benzene rings is 1. The van der Waals surface area contributed by atoms with E-state index in [1.54, 1.807) is 12.1 Å². The van der Waals surface area contributed by atoms with Gasteiger partial charge in [0, 0.05) is 6.04 Å². The van der Waals surface area contributed by atoms with Crippen LogP contribution in [-0.2, 0) is 0 Å². The van der Waals surface area contributed by atoms with Crippen LogP contribution in [0, 0.1) is 5.92 Å². The molecule has 0 heterocycles. The molecule has 0 amide bonds. The summed E-state index contributed by atoms with van der Waals surface area (Å²) in [5, 5.41) is 3.38. The molecule has 0 aliphatic carbocycles. The molecule has 0 aromatic heterocycles. The molecule has 0 saturated carbocycles. The van der Waals surface area contributed by atoms with E-state index < -0.39 is 6.36 Å². The van der Waals surface area contributed by atoms with Gasteiger partial charge < -0.3 is 10.1 Å². The van der Waals surface area contributed by atoms with Crippen LogP contribution in [0.3, 0.4) is 0 Å². The van der Waals surface area contributed by atoms with Crippen molar-refractivity contribution in [3.8, 4) is 5.75 Å². The second-order valence-corrected chi connectivity index (χ2v) is 5.55. The molecule has 0 spiro atoms. The van der Waals surface area contributed by atoms with Gasteiger partial charge in [-0.25, -0.2) is 0 Å². The maximum Gasteiger partial charge on any atom is 0.573 e. The van der Waals surface area contributed by atoms with E-state index in [1.807, 2.05) is 6.92 Å². The first kappa shape index (κ1) is 17.8. The summed E-state index contributed by atoms with van der Waals surface area (Å²) in [5.74, 6) is 0.485. The van der Waals surface area contributed by atoms with Crippen molar-refractivity contribution in [3.05, 3.63) is 29.8 Å². The van der Waals surface area contributed by atoms with Crippen LogP contribution in [0.25, 0.3) is 0 Å². The Hall–Kier alpha value is -1.23. The fraction of sp³-hybridized carbons (Fsp3) is 0.625. The van der Waals surface area contributed by atoms with Crippen LogP contribution in [0.1, 0.15) is 51.6 Å². The second kappa shape index (κ2) is 8.27. The van der Waals surface area contributed by atoms with Gasteiger partial charge in [-0.1, -0.05) is 45.7 Å². The fourth-order valence-corrected chi connectivity index (χ4v) is 2.27. The highest BCUT2D eigenvalue weighted by molar-refractivity contribution is 5.29. The Morgan fingerprint density at radius 3 is 2.19 bits per heavy atom. The molecule has 0 aliphatic heterocycles. The molecule has 2 nitrogen and oxygen atoms in total. The smallest absolute Gasteiger partial charge is 0.406 e. The van der Waals surface area contributed by atoms with Crippen molar-refractivity contribution in [2.45, 2.75) is 52.4 Å². The summed E-state index contributed by atoms with van der Waals surface area (Å²) in [5.41, 5.74) is 0.995. The maximum atomic E-state index is 12.1. The highest BCUT2D eigenvalue weighted by atomic mass is 19.4. The van der Waals surface area contributed by atoms with Gasteiger partial charge in [-0.15, -0.1) is 13.2 Å². The number of alkyl halides is 3. The molecule has 0 radical (unpaired) electrons. The van der Waals surface area contributed by atoms with Gasteiger partial charge in [0.05, 0.1) is 0 Å². The van der Waals surface area contributed by atoms with Gasteiger partial charge in [0.1, 0.15) is 5.75 Å². The van der Waals surface area contributed by atoms with Crippen LogP contribution in [0.5, 0.6) is 5.75 Å². The molecule has 120 valence electrons. The minimum atomic E-state index is -4.64. The van der Waals surface area contributed by atoms with Gasteiger partial charge >= 0.3 is 6.36 Å². The zero-order valence-corrected chi connectivity index (χ0v) is 12.8. The highest BCUT2D eigenvalue weighted by Gasteiger charge is 2.31. The first-order valence-electron chi connectivity index (χ1n) is 7.41. The SMILES string of the molecule is CCNC(CCCC(C)C)c1ccc(OC(F)(F)F)cc1. The molecule has 1 aromatic carbocycles. The lowest BCUT2D eigenvalue weighted by atomic mass is 9.98. The summed E-state index contributed by atoms with van der Waals surface area (Å²) < 4.78 is 40.3. The zero-order chi connectivity index (χ0) is 15.9. The molecule has 1 unspecified atom stereocenters. The maximum absolute atomic E-state index is 12.1. The van der Waals surface area contributed by atoms with E-state index >= 15 is 0 Å². The Kier molecular flexibility index (Phi) is 7.02. The van der Waals surface area contributed by atoms with Crippen molar-refractivity contribution in [2.75, 3.05) is 6.54 Å². The van der Waals surface area contributed by atoms with E-state index in [0.717, 1.165) is 31.4 Å². The van der Waals surface area contributed by atoms with Crippen molar-refractivity contribution in [1.29, 1.82) is 0 Å². The first-order chi connectivity index (χ1) is 9.81. The largest absolute Gasteiger partial charge is 0.573 e. The molecule has 5 heteroatoms. The lowest BCUT2D eigenvalue weighted by Crippen LogP contribution is -2.21. The molecule has 0 bridgehead atoms. The molecule has 1 rings (SSSR count). The van der Waals surface area contributed by atoms with Crippen LogP contribution in [-0.4, -0.2) is 12.9 Å². The molecule has 1 atom stereocenters. The van der Waals surface area contributed by atoms with Gasteiger partial charge in [-0.3, -0.25) is 0 Å². The third-order valence-corrected chi connectivity index (χ3v) is 3.24. The minimum absolute atomic E-state index is 0.175. The second-order valence-electron chi connectivity index (χ2n) is 5.55. The van der Waals surface area contributed by atoms with Gasteiger partial charge in [-0.2, -0.15) is 0 Å². The summed E-state index contributed by atoms with van der Waals surface area (Å²) in [7, 11) is 0. The standard InChI is InChI=1S/C16H24F3NO/c1-4-20-15(7-5-6-12(2)3)13-8-10-14(11-9-13)21-16(17,18)19/h8-12,15,20H,4-7H2,1-3H3. The Labute approximate surface area is 124 Å². The van der Waals surface area contributed by atoms with Crippen molar-refractivity contribution in [3.63, 3.8) is 0 Å². The van der Waals surface area contributed by atoms with Crippen LogP contribution < -0.4 is 10.1 Å². The number of ether oxygens (including phenoxy) is 1. The molecule has 0 aliphatic rings. The predicted molar refractivity (Wildman–Crippen MR) is 78.2 cm³/mol. The Bertz CT molecular complexity index is 401. The third-order valence-electron chi connectivity index (χ3n) is 3.24. The average Bonchev–Trinajstić information content (AvgIpc) is 2.36. The van der Waals surface area contributed by atoms with Crippen molar-refractivity contribution >= 4 is 0 Å². The molecule has 1 N–H and O–H groups in total. The summed E-state index contributed by atoms with van der Waals surface area (Å²) >= 11 is 0. The molecule has 0 fully saturated rings. The summed E-state index contributed by atoms with van der Waals surface area (Å²) in [6.45, 7) is 7.22. The van der Waals surface area contributed by atoms with Gasteiger partial charge in [-0.05, 0) is 36.6 Å². The number of nitrogens with one attached hydrogen (secondary N) is 1. The Morgan fingerprint density at radius 1 is 1.10 bits per heavy atom. The summed E-state index contributed by atoms with van der Waals surface area (Å²) in [6.07, 6.45) is -1.42. The quantitative estimate of drug-likeness (QED) is 0.724. The topological polar surface area (TPSA) is 21.3 Å². The zero-order valence-electron chi connectivity index (χ0n) is 12.8. The lowest BCUT2D eigenvalue weighted by molar-refractivity contribution is -0.274. The molecule has 0 saturated heterocycles. The van der Waals surface area contributed by atoms with Gasteiger partial charge in [0.2, 0.25) is 0 Å². The van der Waals surface area contributed by atoms with Gasteiger partial charge in [0.25, 0.3) is 0 Å². The van der Waals surface area contributed by atoms with Crippen LogP contribution in [0.15, 0.2) is 24.3 Å². The predicted octanol–water partition coefficient (Wildman–Crippen LogP) is 5.06. The minimum Gasteiger partial charge on any atom is -0.406 e. The monoisotopic (exact) mass is 303 g/mol. The third kappa shape index (κ3) is 7.37. The van der Waals surface area contributed by atoms with E-state index in [-0.39, 0.29) is 11.8 Å². The molecular weight excluding hydrogens is 279 g/mol. The van der Waals surface area contributed by atoms with Crippen molar-refractivity contribution < 1.29 is 17.9 Å². The number of halogens is 3. The van der Waals surface area contributed by atoms with E-state index in [2.05, 4.69) is 23.9 Å². The first-order valence-corrected chi connectivity index (χ1v) is 7.41. The van der Waals surface area contributed by atoms with E-state index in [9.17, 15) is 13.2 Å². The van der Waals surface area contributed by atoms with Crippen LogP contribution in [0.2, 0.25) is 0 Å². The summed E-state index contributed by atoms with van der Waals surface area (Å²) in [6, 6.07) is 6.31. The van der Waals surface area contributed by atoms with Crippen molar-refractivity contribution in [2.24, 2.45) is 5.92 Å². The van der Waals surface area contributed by atoms with Crippen LogP contribution >= 0.6 is 0 Å². The molecular formula is C16H24F3NO. The van der Waals surface area contributed by atoms with E-state index in [0.29, 0.717) is 5.92 Å². The van der Waals surface area contributed by atoms with Crippen LogP contribution in [0.4, 0.5) is 13.2 Å². The number of rotatable bonds is 8. The number of hydrogen-bond donors (Lipinski definition) is 1. The normalized spacial score (nSPS) is 13.5. The highest BCUT2D eigenvalue weighted by Crippen LogP contribution is 2.26. The number of hydrogen-bond acceptors (Lipinski definition) is 2. The molecule has 1 aromatic rings. The lowest BCUT2D eigenvalue weighted by Gasteiger charge is -2.19. The Morgan fingerprint density at radius 2 is 1.71 bits per heavy atom. The Balaban J connectivity index is 2.65.